The highest BCUT2D eigenvalue weighted by molar-refractivity contribution is 6.25. The Morgan fingerprint density at radius 1 is 0.293 bits per heavy atom. The molecule has 0 atom stereocenters. The van der Waals surface area contributed by atoms with Crippen LogP contribution in [0.15, 0.2) is 206 Å². The summed E-state index contributed by atoms with van der Waals surface area (Å²) < 4.78 is 135. The summed E-state index contributed by atoms with van der Waals surface area (Å²) in [6, 6.07) is 31.5. The molecule has 0 N–H and O–H groups in total. The zero-order chi connectivity index (χ0) is 50.1. The van der Waals surface area contributed by atoms with Crippen molar-refractivity contribution in [2.75, 3.05) is 0 Å². The highest BCUT2D eigenvalue weighted by Gasteiger charge is 2.24. The molecule has 4 heterocycles. The summed E-state index contributed by atoms with van der Waals surface area (Å²) in [6.07, 6.45) is 0. The minimum atomic E-state index is -0.686. The van der Waals surface area contributed by atoms with Crippen LogP contribution in [0.5, 0.6) is 0 Å². The second-order valence-electron chi connectivity index (χ2n) is 14.2. The van der Waals surface area contributed by atoms with Crippen LogP contribution in [-0.2, 0) is 0 Å². The van der Waals surface area contributed by atoms with E-state index in [1.807, 2.05) is 72.8 Å². The molecule has 4 nitrogen and oxygen atoms in total. The van der Waals surface area contributed by atoms with Crippen molar-refractivity contribution in [3.63, 3.8) is 0 Å². The van der Waals surface area contributed by atoms with E-state index in [4.69, 9.17) is 13.7 Å². The van der Waals surface area contributed by atoms with Crippen LogP contribution in [-0.4, -0.2) is 18.3 Å². The molecule has 58 heavy (non-hydrogen) atoms. The smallest absolute Gasteiger partial charge is 0.0652 e. The molecule has 4 aromatic heterocycles. The van der Waals surface area contributed by atoms with Crippen molar-refractivity contribution in [2.45, 2.75) is 0 Å². The predicted molar refractivity (Wildman–Crippen MR) is 243 cm³/mol. The summed E-state index contributed by atoms with van der Waals surface area (Å²) in [6.45, 7) is 0. The quantitative estimate of drug-likeness (QED) is 0.167. The van der Waals surface area contributed by atoms with Crippen LogP contribution in [0.3, 0.4) is 0 Å². The zero-order valence-electron chi connectivity index (χ0n) is 44.3. The number of benzene rings is 9. The normalized spacial score (nSPS) is 15.5. The van der Waals surface area contributed by atoms with Crippen LogP contribution >= 0.6 is 0 Å². The van der Waals surface area contributed by atoms with E-state index in [1.54, 1.807) is 10.6 Å². The van der Waals surface area contributed by atoms with Gasteiger partial charge in [-0.15, -0.1) is 0 Å². The SMILES string of the molecule is [2H]c1cc2c(c([2H])c1[2H])c1c([2H])c(-n3c4c([2H])c([2H])c([2H])c([2H])c4c4c([2H])c([2H])c([2H])c([2H])c43)c([2H])c([2H])c1n2-c1ccccc1-c1ccccc1-n1c2cccc3c2c2c(cccc21)n3-c1ccccc1. The molecule has 13 rings (SSSR count). The summed E-state index contributed by atoms with van der Waals surface area (Å²) in [7, 11) is 0. The molecule has 4 heteroatoms. The van der Waals surface area contributed by atoms with E-state index in [1.165, 1.54) is 6.07 Å². The van der Waals surface area contributed by atoms with Crippen LogP contribution in [0.2, 0.25) is 0 Å². The molecule has 0 spiro atoms. The van der Waals surface area contributed by atoms with Crippen LogP contribution in [0, 0.1) is 0 Å². The van der Waals surface area contributed by atoms with Gasteiger partial charge in [-0.1, -0.05) is 121 Å². The third kappa shape index (κ3) is 4.18. The third-order valence-electron chi connectivity index (χ3n) is 11.3. The highest BCUT2D eigenvalue weighted by atomic mass is 15.0. The van der Waals surface area contributed by atoms with Crippen molar-refractivity contribution in [3.05, 3.63) is 206 Å². The lowest BCUT2D eigenvalue weighted by atomic mass is 10.0. The topological polar surface area (TPSA) is 19.7 Å². The molecule has 0 aliphatic rings. The lowest BCUT2D eigenvalue weighted by Gasteiger charge is -2.19. The van der Waals surface area contributed by atoms with Crippen LogP contribution < -0.4 is 0 Å². The van der Waals surface area contributed by atoms with Crippen molar-refractivity contribution < 1.29 is 19.2 Å². The van der Waals surface area contributed by atoms with Gasteiger partial charge in [0.2, 0.25) is 0 Å². The molecule has 270 valence electrons. The molecule has 9 aromatic carbocycles. The first-order valence-corrected chi connectivity index (χ1v) is 18.8. The maximum atomic E-state index is 10.1. The third-order valence-corrected chi connectivity index (χ3v) is 11.3. The fourth-order valence-corrected chi connectivity index (χ4v) is 9.05. The van der Waals surface area contributed by atoms with E-state index < -0.39 is 84.2 Å². The van der Waals surface area contributed by atoms with E-state index in [0.717, 1.165) is 54.3 Å². The van der Waals surface area contributed by atoms with Crippen molar-refractivity contribution in [3.8, 4) is 33.9 Å². The lowest BCUT2D eigenvalue weighted by Crippen LogP contribution is -2.02. The number of hydrogen-bond donors (Lipinski definition) is 0. The molecule has 0 aliphatic heterocycles. The molecule has 0 bridgehead atoms. The van der Waals surface area contributed by atoms with Gasteiger partial charge in [-0.3, -0.25) is 0 Å². The minimum Gasteiger partial charge on any atom is -0.309 e. The zero-order valence-corrected chi connectivity index (χ0v) is 30.3. The number of para-hydroxylation sites is 6. The summed E-state index contributed by atoms with van der Waals surface area (Å²) in [5.74, 6) is 0. The molecular weight excluding hydrogens is 705 g/mol. The Bertz CT molecular complexity index is 4420. The van der Waals surface area contributed by atoms with Crippen LogP contribution in [0.4, 0.5) is 0 Å². The standard InChI is InChI=1S/C54H34N4/c1-2-16-35(17-3-1)55-49-28-14-30-51-53(49)54-50(55)29-15-31-52(54)58(51)46-26-12-7-21-40(46)39-20-6-11-25-45(39)57-47-27-13-8-22-41(47)42-34-36(32-33-48(42)57)56-43-23-9-4-18-37(43)38-19-5-10-24-44(38)56/h1-34H/i4D,5D,8D,9D,10D,13D,18D,19D,22D,23D,24D,32D,33D,34D. The molecule has 0 saturated heterocycles. The van der Waals surface area contributed by atoms with Gasteiger partial charge in [0, 0.05) is 54.8 Å². The van der Waals surface area contributed by atoms with Crippen molar-refractivity contribution in [1.82, 2.24) is 18.3 Å². The molecule has 13 aromatic rings. The summed E-state index contributed by atoms with van der Waals surface area (Å²) in [4.78, 5) is 0. The summed E-state index contributed by atoms with van der Waals surface area (Å²) in [5, 5.41) is 1.59. The monoisotopic (exact) mass is 752 g/mol. The molecule has 0 aliphatic carbocycles. The molecule has 0 saturated carbocycles. The van der Waals surface area contributed by atoms with Gasteiger partial charge in [0.1, 0.15) is 0 Å². The van der Waals surface area contributed by atoms with Gasteiger partial charge >= 0.3 is 0 Å². The highest BCUT2D eigenvalue weighted by Crippen LogP contribution is 2.45. The number of hydrogen-bond acceptors (Lipinski definition) is 0. The number of fused-ring (bicyclic) bond motifs is 6. The Kier molecular flexibility index (Phi) is 4.27. The van der Waals surface area contributed by atoms with E-state index in [-0.39, 0.29) is 49.7 Å². The van der Waals surface area contributed by atoms with Gasteiger partial charge in [-0.25, -0.2) is 0 Å². The molecular formula is C54H34N4. The van der Waals surface area contributed by atoms with Gasteiger partial charge in [0.25, 0.3) is 0 Å². The second kappa shape index (κ2) is 11.8. The van der Waals surface area contributed by atoms with Crippen molar-refractivity contribution >= 4 is 76.5 Å². The number of nitrogens with zero attached hydrogens (tertiary/aromatic N) is 4. The largest absolute Gasteiger partial charge is 0.309 e. The summed E-state index contributed by atoms with van der Waals surface area (Å²) >= 11 is 0. The van der Waals surface area contributed by atoms with E-state index in [0.29, 0.717) is 11.3 Å². The second-order valence-corrected chi connectivity index (χ2v) is 14.2. The first-order valence-electron chi connectivity index (χ1n) is 25.8. The van der Waals surface area contributed by atoms with Gasteiger partial charge in [-0.2, -0.15) is 0 Å². The maximum absolute atomic E-state index is 10.1. The Balaban J connectivity index is 1.13. The molecule has 0 unspecified atom stereocenters. The average Bonchev–Trinajstić information content (AvgIpc) is 4.14. The van der Waals surface area contributed by atoms with Crippen molar-refractivity contribution in [2.24, 2.45) is 0 Å². The lowest BCUT2D eigenvalue weighted by molar-refractivity contribution is 1.15. The fourth-order valence-electron chi connectivity index (χ4n) is 9.05. The van der Waals surface area contributed by atoms with Crippen LogP contribution in [0.1, 0.15) is 19.2 Å². The van der Waals surface area contributed by atoms with E-state index >= 15 is 0 Å². The fraction of sp³-hybridized carbons (Fsp3) is 0. The van der Waals surface area contributed by atoms with E-state index in [2.05, 4.69) is 45.5 Å². The van der Waals surface area contributed by atoms with Crippen LogP contribution in [0.25, 0.3) is 110 Å². The maximum Gasteiger partial charge on any atom is 0.0652 e. The average molecular weight is 753 g/mol. The van der Waals surface area contributed by atoms with Crippen molar-refractivity contribution in [1.29, 1.82) is 0 Å². The summed E-state index contributed by atoms with van der Waals surface area (Å²) in [5.41, 5.74) is 6.84. The molecule has 0 radical (unpaired) electrons. The van der Waals surface area contributed by atoms with E-state index in [9.17, 15) is 5.48 Å². The first-order chi connectivity index (χ1) is 34.6. The molecule has 0 amide bonds. The molecule has 0 fully saturated rings. The van der Waals surface area contributed by atoms with Gasteiger partial charge in [0.05, 0.1) is 74.7 Å². The Morgan fingerprint density at radius 3 is 1.38 bits per heavy atom. The van der Waals surface area contributed by atoms with Gasteiger partial charge < -0.3 is 18.3 Å². The Labute approximate surface area is 353 Å². The Hall–Kier alpha value is -7.82. The Morgan fingerprint density at radius 2 is 0.759 bits per heavy atom. The number of rotatable bonds is 5. The number of aromatic nitrogens is 4. The predicted octanol–water partition coefficient (Wildman–Crippen LogP) is 14.0. The van der Waals surface area contributed by atoms with Gasteiger partial charge in [0.15, 0.2) is 0 Å². The van der Waals surface area contributed by atoms with Gasteiger partial charge in [-0.05, 0) is 84.8 Å². The first kappa shape index (κ1) is 20.9. The minimum absolute atomic E-state index is 0.00554.